The van der Waals surface area contributed by atoms with Crippen LogP contribution in [0.5, 0.6) is 0 Å². The second-order valence-corrected chi connectivity index (χ2v) is 17.9. The van der Waals surface area contributed by atoms with Crippen LogP contribution >= 0.6 is 0 Å². The molecule has 2 saturated heterocycles. The largest absolute Gasteiger partial charge is 0.481 e. The summed E-state index contributed by atoms with van der Waals surface area (Å²) in [5.74, 6) is -6.26. The molecule has 0 aromatic rings. The first-order valence-electron chi connectivity index (χ1n) is 23.0. The lowest BCUT2D eigenvalue weighted by molar-refractivity contribution is -0.317. The number of hydrogen-bond acceptors (Lipinski definition) is 17. The Hall–Kier alpha value is -4.09. The van der Waals surface area contributed by atoms with E-state index in [4.69, 9.17) is 29.2 Å². The maximum Gasteiger partial charge on any atom is 0.311 e. The Kier molecular flexibility index (Phi) is 25.0. The summed E-state index contributed by atoms with van der Waals surface area (Å²) in [5.41, 5.74) is 9.10. The van der Waals surface area contributed by atoms with Gasteiger partial charge in [0.2, 0.25) is 0 Å². The molecule has 0 spiro atoms. The highest BCUT2D eigenvalue weighted by molar-refractivity contribution is 5.71. The quantitative estimate of drug-likeness (QED) is 0.0819. The molecule has 10 N–H and O–H groups in total. The number of nitrogens with zero attached hydrogens (tertiary/aromatic N) is 3. The Morgan fingerprint density at radius 1 is 0.706 bits per heavy atom. The van der Waals surface area contributed by atoms with Crippen LogP contribution in [0.3, 0.4) is 0 Å². The van der Waals surface area contributed by atoms with E-state index in [2.05, 4.69) is 10.0 Å². The van der Waals surface area contributed by atoms with E-state index in [-0.39, 0.29) is 31.6 Å². The van der Waals surface area contributed by atoms with Crippen molar-refractivity contribution in [2.24, 2.45) is 22.9 Å². The summed E-state index contributed by atoms with van der Waals surface area (Å²) in [6.45, 7) is 6.70. The highest BCUT2D eigenvalue weighted by Gasteiger charge is 2.52. The fourth-order valence-electron chi connectivity index (χ4n) is 8.30. The number of rotatable bonds is 5. The molecular weight excluding hydrogens is 891 g/mol. The van der Waals surface area contributed by atoms with E-state index in [0.29, 0.717) is 0 Å². The molecule has 0 radical (unpaired) electrons. The Morgan fingerprint density at radius 3 is 1.87 bits per heavy atom. The molecule has 20 heteroatoms. The van der Waals surface area contributed by atoms with Gasteiger partial charge in [0.15, 0.2) is 12.1 Å². The number of carboxylic acid groups (broad SMARTS) is 1. The van der Waals surface area contributed by atoms with Gasteiger partial charge in [0.05, 0.1) is 79.6 Å². The summed E-state index contributed by atoms with van der Waals surface area (Å²) in [5, 5.41) is 112. The van der Waals surface area contributed by atoms with E-state index in [9.17, 15) is 60.7 Å². The van der Waals surface area contributed by atoms with Gasteiger partial charge < -0.3 is 74.7 Å². The van der Waals surface area contributed by atoms with E-state index in [1.54, 1.807) is 86.8 Å². The number of ether oxygens (including phenoxy) is 5. The molecule has 20 nitrogen and oxygen atoms in total. The first kappa shape index (κ1) is 58.2. The van der Waals surface area contributed by atoms with Gasteiger partial charge in [0.25, 0.3) is 0 Å². The van der Waals surface area contributed by atoms with Crippen molar-refractivity contribution < 1.29 is 84.3 Å². The fourth-order valence-corrected chi connectivity index (χ4v) is 8.30. The fraction of sp³-hybridized carbons (Fsp3) is 0.667. The van der Waals surface area contributed by atoms with Crippen LogP contribution in [0.1, 0.15) is 79.1 Å². The second kappa shape index (κ2) is 29.2. The van der Waals surface area contributed by atoms with Gasteiger partial charge in [-0.3, -0.25) is 9.59 Å². The summed E-state index contributed by atoms with van der Waals surface area (Å²) in [6.07, 6.45) is 3.79. The lowest BCUT2D eigenvalue weighted by atomic mass is 9.82. The molecule has 0 aromatic heterocycles. The minimum Gasteiger partial charge on any atom is -0.481 e. The lowest BCUT2D eigenvalue weighted by Gasteiger charge is -2.47. The highest BCUT2D eigenvalue weighted by Crippen LogP contribution is 2.40. The summed E-state index contributed by atoms with van der Waals surface area (Å²) in [4.78, 5) is 28.0. The molecule has 0 unspecified atom stereocenters. The minimum atomic E-state index is -1.82. The number of carbonyl (C=O) groups excluding carboxylic acids is 1. The number of carboxylic acids is 1. The molecule has 2 fully saturated rings. The average molecular weight is 964 g/mol. The summed E-state index contributed by atoms with van der Waals surface area (Å²) < 4.78 is 29.3. The number of aliphatic hydroxyl groups excluding tert-OH is 9. The first-order chi connectivity index (χ1) is 32.2. The molecule has 0 aromatic carbocycles. The smallest absolute Gasteiger partial charge is 0.311 e. The zero-order valence-corrected chi connectivity index (χ0v) is 39.3. The van der Waals surface area contributed by atoms with E-state index in [1.165, 1.54) is 20.1 Å². The third-order valence-electron chi connectivity index (χ3n) is 12.5. The van der Waals surface area contributed by atoms with Crippen molar-refractivity contribution in [1.29, 1.82) is 0 Å². The van der Waals surface area contributed by atoms with Gasteiger partial charge in [0, 0.05) is 49.5 Å². The number of allylic oxidation sites excluding steroid dienone is 12. The SMILES string of the molecule is CO[C@]12C[C@@H](O)C[C@@H](O)[C@H](O)CC[C@@H](O)C[C@@H](O)CC(=O)O[C@@H](C)[C@H](C)[C@H](O)[C@@H](C)/C=C/C=C/C=C/C=C/C=C/C=C/C=C/[C@H](O[C@@H]3O[C@H](C)[C@@H](O)[C@H](N=[N+]=[N-])[C@H]3O)C[C@H](O1)[C@H](C(=O)O)[C@@H](O)C2. The van der Waals surface area contributed by atoms with Crippen molar-refractivity contribution in [2.75, 3.05) is 7.11 Å². The molecule has 3 aliphatic rings. The highest BCUT2D eigenvalue weighted by atomic mass is 16.7. The second-order valence-electron chi connectivity index (χ2n) is 17.9. The first-order valence-corrected chi connectivity index (χ1v) is 23.0. The van der Waals surface area contributed by atoms with Crippen molar-refractivity contribution in [1.82, 2.24) is 0 Å². The van der Waals surface area contributed by atoms with Gasteiger partial charge in [-0.15, -0.1) is 0 Å². The van der Waals surface area contributed by atoms with Crippen LogP contribution in [-0.2, 0) is 33.3 Å². The normalized spacial score (nSPS) is 43.8. The Labute approximate surface area is 397 Å². The maximum absolute atomic E-state index is 12.7. The predicted octanol–water partition coefficient (Wildman–Crippen LogP) is 2.72. The van der Waals surface area contributed by atoms with E-state index in [0.717, 1.165) is 0 Å². The molecule has 0 amide bonds. The molecule has 3 heterocycles. The van der Waals surface area contributed by atoms with Gasteiger partial charge in [-0.05, 0) is 38.6 Å². The number of aliphatic carboxylic acids is 1. The molecule has 0 aliphatic carbocycles. The average Bonchev–Trinajstić information content (AvgIpc) is 3.27. The zero-order chi connectivity index (χ0) is 50.6. The van der Waals surface area contributed by atoms with Crippen LogP contribution < -0.4 is 0 Å². The number of esters is 1. The van der Waals surface area contributed by atoms with Crippen LogP contribution in [0, 0.1) is 17.8 Å². The van der Waals surface area contributed by atoms with Crippen molar-refractivity contribution in [3.05, 3.63) is 95.5 Å². The third-order valence-corrected chi connectivity index (χ3v) is 12.5. The van der Waals surface area contributed by atoms with Gasteiger partial charge in [-0.1, -0.05) is 104 Å². The molecule has 3 aliphatic heterocycles. The molecule has 68 heavy (non-hydrogen) atoms. The minimum absolute atomic E-state index is 0.0949. The molecule has 2 bridgehead atoms. The van der Waals surface area contributed by atoms with Gasteiger partial charge in [0.1, 0.15) is 18.1 Å². The number of azide groups is 1. The zero-order valence-electron chi connectivity index (χ0n) is 39.3. The van der Waals surface area contributed by atoms with Crippen LogP contribution in [-0.4, -0.2) is 168 Å². The number of carbonyl (C=O) groups is 2. The summed E-state index contributed by atoms with van der Waals surface area (Å²) in [6, 6.07) is -1.36. The van der Waals surface area contributed by atoms with Crippen LogP contribution in [0.2, 0.25) is 0 Å². The Bertz CT molecular complexity index is 1820. The maximum atomic E-state index is 12.7. The van der Waals surface area contributed by atoms with Crippen molar-refractivity contribution in [3.8, 4) is 0 Å². The predicted molar refractivity (Wildman–Crippen MR) is 247 cm³/mol. The van der Waals surface area contributed by atoms with Gasteiger partial charge in [-0.2, -0.15) is 0 Å². The molecular formula is C48H73N3O17. The number of methoxy groups -OCH3 is 1. The number of aliphatic hydroxyl groups is 9. The van der Waals surface area contributed by atoms with Crippen LogP contribution in [0.4, 0.5) is 0 Å². The van der Waals surface area contributed by atoms with E-state index < -0.39 is 147 Å². The number of cyclic esters (lactones) is 1. The van der Waals surface area contributed by atoms with Crippen molar-refractivity contribution in [2.45, 2.75) is 177 Å². The molecule has 19 atom stereocenters. The summed E-state index contributed by atoms with van der Waals surface area (Å²) >= 11 is 0. The Morgan fingerprint density at radius 2 is 1.29 bits per heavy atom. The number of hydrogen-bond donors (Lipinski definition) is 10. The molecule has 382 valence electrons. The molecule has 3 rings (SSSR count). The summed E-state index contributed by atoms with van der Waals surface area (Å²) in [7, 11) is 1.23. The molecule has 0 saturated carbocycles. The van der Waals surface area contributed by atoms with Crippen LogP contribution in [0.25, 0.3) is 10.4 Å². The van der Waals surface area contributed by atoms with Crippen LogP contribution in [0.15, 0.2) is 90.2 Å². The van der Waals surface area contributed by atoms with Gasteiger partial charge in [-0.25, -0.2) is 0 Å². The van der Waals surface area contributed by atoms with E-state index >= 15 is 0 Å². The topological polar surface area (TPSA) is 331 Å². The monoisotopic (exact) mass is 963 g/mol. The van der Waals surface area contributed by atoms with E-state index in [1.807, 2.05) is 13.0 Å². The number of fused-ring (bicyclic) bond motifs is 2. The standard InChI is InChI=1S/C48H73N3O17/c1-28-18-16-14-12-10-8-6-7-9-11-13-15-17-19-35(67-47-45(61)42(50-51-49)44(60)31(4)66-47)25-39-41(46(62)63)38(57)27-48(64-5,68-39)26-34(54)23-37(56)36(55)21-20-32(52)22-33(53)24-40(58)65-30(3)29(2)43(28)59/h6-19,28-39,41-45,47,52-57,59-61H,20-27H2,1-5H3,(H,62,63)/b7-6+,10-8+,11-9+,14-12+,15-13+,18-16+,19-17+/t28-,29-,30-,31+,32+,33+,34-,35-,36+,37+,38-,39-,41+,42-,43+,44+,45+,47-,48+/m0/s1. The Balaban J connectivity index is 1.92. The van der Waals surface area contributed by atoms with Crippen molar-refractivity contribution >= 4 is 11.9 Å². The van der Waals surface area contributed by atoms with Crippen molar-refractivity contribution in [3.63, 3.8) is 0 Å². The third kappa shape index (κ3) is 18.7. The van der Waals surface area contributed by atoms with Gasteiger partial charge >= 0.3 is 11.9 Å². The lowest BCUT2D eigenvalue weighted by Crippen LogP contribution is -2.58.